The fraction of sp³-hybridized carbons (Fsp3) is 0.143. The van der Waals surface area contributed by atoms with Crippen LogP contribution in [0.1, 0.15) is 22.1 Å². The average Bonchev–Trinajstić information content (AvgIpc) is 2.33. The van der Waals surface area contributed by atoms with Crippen molar-refractivity contribution in [3.8, 4) is 0 Å². The minimum atomic E-state index is -0.286. The molecule has 0 nitrogen and oxygen atoms in total. The lowest BCUT2D eigenvalue weighted by molar-refractivity contribution is 0.627. The van der Waals surface area contributed by atoms with Crippen molar-refractivity contribution in [3.05, 3.63) is 70.0 Å². The smallest absolute Gasteiger partial charge is 0.123 e. The summed E-state index contributed by atoms with van der Waals surface area (Å²) < 4.78 is 12.8. The predicted octanol–water partition coefficient (Wildman–Crippen LogP) is 5.12. The molecule has 0 saturated heterocycles. The van der Waals surface area contributed by atoms with E-state index < -0.39 is 0 Å². The van der Waals surface area contributed by atoms with Gasteiger partial charge in [-0.1, -0.05) is 35.9 Å². The Bertz CT molecular complexity index is 520. The van der Waals surface area contributed by atoms with Crippen LogP contribution in [0.5, 0.6) is 0 Å². The predicted molar refractivity (Wildman–Crippen MR) is 70.3 cm³/mol. The van der Waals surface area contributed by atoms with Crippen LogP contribution in [0, 0.1) is 12.7 Å². The average molecular weight is 269 g/mol. The summed E-state index contributed by atoms with van der Waals surface area (Å²) in [5, 5.41) is 0.434. The summed E-state index contributed by atoms with van der Waals surface area (Å²) in [4.78, 5) is 0. The Hall–Kier alpha value is -1.05. The zero-order valence-corrected chi connectivity index (χ0v) is 10.8. The Morgan fingerprint density at radius 1 is 1.00 bits per heavy atom. The first-order valence-corrected chi connectivity index (χ1v) is 6.05. The van der Waals surface area contributed by atoms with Gasteiger partial charge < -0.3 is 0 Å². The minimum absolute atomic E-state index is 0.259. The largest absolute Gasteiger partial charge is 0.207 e. The molecule has 2 aromatic rings. The van der Waals surface area contributed by atoms with Gasteiger partial charge in [-0.15, -0.1) is 11.6 Å². The minimum Gasteiger partial charge on any atom is -0.207 e. The maximum Gasteiger partial charge on any atom is 0.123 e. The van der Waals surface area contributed by atoms with Crippen molar-refractivity contribution >= 4 is 23.2 Å². The van der Waals surface area contributed by atoms with E-state index in [0.29, 0.717) is 0 Å². The number of rotatable bonds is 2. The van der Waals surface area contributed by atoms with Gasteiger partial charge in [0.1, 0.15) is 5.82 Å². The number of hydrogen-bond acceptors (Lipinski definition) is 0. The van der Waals surface area contributed by atoms with E-state index in [2.05, 4.69) is 0 Å². The van der Waals surface area contributed by atoms with Crippen LogP contribution < -0.4 is 0 Å². The highest BCUT2D eigenvalue weighted by atomic mass is 35.5. The summed E-state index contributed by atoms with van der Waals surface area (Å²) in [7, 11) is 0. The molecule has 0 radical (unpaired) electrons. The zero-order chi connectivity index (χ0) is 12.4. The molecule has 0 aliphatic heterocycles. The van der Waals surface area contributed by atoms with E-state index in [1.807, 2.05) is 25.1 Å². The molecule has 0 saturated carbocycles. The zero-order valence-electron chi connectivity index (χ0n) is 9.25. The molecule has 0 fully saturated rings. The first kappa shape index (κ1) is 12.4. The Morgan fingerprint density at radius 3 is 2.18 bits per heavy atom. The Kier molecular flexibility index (Phi) is 3.70. The summed E-state index contributed by atoms with van der Waals surface area (Å²) in [5.74, 6) is -0.259. The molecule has 0 heterocycles. The molecule has 1 unspecified atom stereocenters. The number of benzene rings is 2. The molecule has 0 aromatic heterocycles. The summed E-state index contributed by atoms with van der Waals surface area (Å²) >= 11 is 12.3. The number of halogens is 3. The van der Waals surface area contributed by atoms with Crippen LogP contribution in [0.15, 0.2) is 42.5 Å². The molecular weight excluding hydrogens is 258 g/mol. The maximum absolute atomic E-state index is 12.8. The molecule has 3 heteroatoms. The van der Waals surface area contributed by atoms with Crippen molar-refractivity contribution in [3.63, 3.8) is 0 Å². The molecule has 0 spiro atoms. The van der Waals surface area contributed by atoms with E-state index in [9.17, 15) is 4.39 Å². The van der Waals surface area contributed by atoms with Crippen molar-refractivity contribution in [2.75, 3.05) is 0 Å². The summed E-state index contributed by atoms with van der Waals surface area (Å²) in [6, 6.07) is 11.9. The van der Waals surface area contributed by atoms with Crippen LogP contribution in [-0.4, -0.2) is 0 Å². The van der Waals surface area contributed by atoms with Gasteiger partial charge in [0.2, 0.25) is 0 Å². The molecule has 0 aliphatic carbocycles. The number of alkyl halides is 1. The third-order valence-corrected chi connectivity index (χ3v) is 3.57. The van der Waals surface area contributed by atoms with E-state index in [1.165, 1.54) is 12.1 Å². The quantitative estimate of drug-likeness (QED) is 0.664. The Morgan fingerprint density at radius 2 is 1.59 bits per heavy atom. The van der Waals surface area contributed by atoms with Gasteiger partial charge in [0.25, 0.3) is 0 Å². The molecule has 88 valence electrons. The molecular formula is C14H11Cl2F. The van der Waals surface area contributed by atoms with Gasteiger partial charge in [-0.2, -0.15) is 0 Å². The van der Waals surface area contributed by atoms with Gasteiger partial charge in [0.15, 0.2) is 0 Å². The first-order chi connectivity index (χ1) is 8.08. The first-order valence-electron chi connectivity index (χ1n) is 5.23. The van der Waals surface area contributed by atoms with Gasteiger partial charge >= 0.3 is 0 Å². The third-order valence-electron chi connectivity index (χ3n) is 2.64. The molecule has 0 aliphatic rings. The fourth-order valence-electron chi connectivity index (χ4n) is 1.65. The maximum atomic E-state index is 12.8. The van der Waals surface area contributed by atoms with Crippen LogP contribution in [0.4, 0.5) is 4.39 Å². The Labute approximate surface area is 110 Å². The summed E-state index contributed by atoms with van der Waals surface area (Å²) in [6.07, 6.45) is 0. The van der Waals surface area contributed by atoms with E-state index in [4.69, 9.17) is 23.2 Å². The van der Waals surface area contributed by atoms with E-state index in [1.54, 1.807) is 12.1 Å². The second-order valence-electron chi connectivity index (χ2n) is 3.92. The second-order valence-corrected chi connectivity index (χ2v) is 4.77. The van der Waals surface area contributed by atoms with Gasteiger partial charge in [0.05, 0.1) is 5.38 Å². The fourth-order valence-corrected chi connectivity index (χ4v) is 2.05. The van der Waals surface area contributed by atoms with Crippen molar-refractivity contribution in [2.45, 2.75) is 12.3 Å². The molecule has 2 rings (SSSR count). The van der Waals surface area contributed by atoms with E-state index >= 15 is 0 Å². The van der Waals surface area contributed by atoms with Crippen molar-refractivity contribution in [2.24, 2.45) is 0 Å². The lowest BCUT2D eigenvalue weighted by Gasteiger charge is -2.11. The number of aryl methyl sites for hydroxylation is 1. The highest BCUT2D eigenvalue weighted by Gasteiger charge is 2.11. The monoisotopic (exact) mass is 268 g/mol. The molecule has 0 N–H and O–H groups in total. The summed E-state index contributed by atoms with van der Waals surface area (Å²) in [5.41, 5.74) is 2.81. The summed E-state index contributed by atoms with van der Waals surface area (Å²) in [6.45, 7) is 1.93. The van der Waals surface area contributed by atoms with Gasteiger partial charge in [0, 0.05) is 5.02 Å². The standard InChI is InChI=1S/C14H11Cl2F/c1-9-8-11(4-7-13(9)15)14(16)10-2-5-12(17)6-3-10/h2-8,14H,1H3. The SMILES string of the molecule is Cc1cc(C(Cl)c2ccc(F)cc2)ccc1Cl. The van der Waals surface area contributed by atoms with Crippen LogP contribution in [-0.2, 0) is 0 Å². The van der Waals surface area contributed by atoms with Crippen LogP contribution in [0.3, 0.4) is 0 Å². The molecule has 0 amide bonds. The molecule has 17 heavy (non-hydrogen) atoms. The topological polar surface area (TPSA) is 0 Å². The van der Waals surface area contributed by atoms with E-state index in [0.717, 1.165) is 21.7 Å². The Balaban J connectivity index is 2.33. The molecule has 0 bridgehead atoms. The van der Waals surface area contributed by atoms with Crippen LogP contribution >= 0.6 is 23.2 Å². The molecule has 2 aromatic carbocycles. The highest BCUT2D eigenvalue weighted by molar-refractivity contribution is 6.31. The third kappa shape index (κ3) is 2.80. The van der Waals surface area contributed by atoms with Crippen molar-refractivity contribution in [1.82, 2.24) is 0 Å². The number of hydrogen-bond donors (Lipinski definition) is 0. The lowest BCUT2D eigenvalue weighted by atomic mass is 10.0. The van der Waals surface area contributed by atoms with Crippen molar-refractivity contribution in [1.29, 1.82) is 0 Å². The van der Waals surface area contributed by atoms with Crippen LogP contribution in [0.25, 0.3) is 0 Å². The second kappa shape index (κ2) is 5.07. The highest BCUT2D eigenvalue weighted by Crippen LogP contribution is 2.30. The normalized spacial score (nSPS) is 12.5. The van der Waals surface area contributed by atoms with Crippen molar-refractivity contribution < 1.29 is 4.39 Å². The van der Waals surface area contributed by atoms with Gasteiger partial charge in [-0.25, -0.2) is 4.39 Å². The lowest BCUT2D eigenvalue weighted by Crippen LogP contribution is -1.94. The van der Waals surface area contributed by atoms with Gasteiger partial charge in [-0.3, -0.25) is 0 Å². The van der Waals surface area contributed by atoms with E-state index in [-0.39, 0.29) is 11.2 Å². The molecule has 1 atom stereocenters. The van der Waals surface area contributed by atoms with Crippen LogP contribution in [0.2, 0.25) is 5.02 Å². The van der Waals surface area contributed by atoms with Gasteiger partial charge in [-0.05, 0) is 41.8 Å².